The van der Waals surface area contributed by atoms with Crippen molar-refractivity contribution in [3.8, 4) is 17.3 Å². The molecule has 5 aliphatic rings. The Balaban J connectivity index is 1.37. The van der Waals surface area contributed by atoms with Gasteiger partial charge in [0.25, 0.3) is 0 Å². The van der Waals surface area contributed by atoms with Gasteiger partial charge in [0.05, 0.1) is 37.3 Å². The molecular weight excluding hydrogens is 596 g/mol. The number of aromatic nitrogens is 3. The molecule has 7 heterocycles. The first-order chi connectivity index (χ1) is 21.2. The molecule has 0 aliphatic carbocycles. The van der Waals surface area contributed by atoms with Crippen LogP contribution < -0.4 is 9.64 Å². The molecule has 5 aliphatic heterocycles. The Labute approximate surface area is 258 Å². The van der Waals surface area contributed by atoms with Crippen LogP contribution in [0.3, 0.4) is 0 Å². The highest BCUT2D eigenvalue weighted by Crippen LogP contribution is 2.41. The van der Waals surface area contributed by atoms with Crippen LogP contribution >= 0.6 is 11.6 Å². The fourth-order valence-corrected chi connectivity index (χ4v) is 7.34. The van der Waals surface area contributed by atoms with Crippen molar-refractivity contribution >= 4 is 34.5 Å². The predicted molar refractivity (Wildman–Crippen MR) is 158 cm³/mol. The average molecular weight is 630 g/mol. The van der Waals surface area contributed by atoms with Crippen LogP contribution in [0.5, 0.6) is 6.01 Å². The molecule has 0 radical (unpaired) electrons. The Hall–Kier alpha value is -3.35. The van der Waals surface area contributed by atoms with Crippen molar-refractivity contribution in [1.82, 2.24) is 19.9 Å². The van der Waals surface area contributed by atoms with E-state index in [4.69, 9.17) is 35.5 Å². The first kappa shape index (κ1) is 29.4. The first-order valence-corrected chi connectivity index (χ1v) is 15.5. The third-order valence-corrected chi connectivity index (χ3v) is 9.46. The van der Waals surface area contributed by atoms with E-state index in [0.29, 0.717) is 66.3 Å². The van der Waals surface area contributed by atoms with E-state index in [1.807, 2.05) is 4.90 Å². The van der Waals surface area contributed by atoms with Gasteiger partial charge in [0, 0.05) is 36.3 Å². The van der Waals surface area contributed by atoms with E-state index in [-0.39, 0.29) is 43.6 Å². The summed E-state index contributed by atoms with van der Waals surface area (Å²) in [5, 5.41) is 0.816. The van der Waals surface area contributed by atoms with E-state index in [1.54, 1.807) is 31.3 Å². The van der Waals surface area contributed by atoms with Crippen LogP contribution in [0, 0.1) is 5.82 Å². The number of fused-ring (bicyclic) bond motifs is 7. The fraction of sp³-hybridized carbons (Fsp3) is 0.548. The molecule has 13 heteroatoms. The number of carbonyl (C=O) groups excluding carboxylic acids is 1. The minimum absolute atomic E-state index is 0.0216. The predicted octanol–water partition coefficient (Wildman–Crippen LogP) is 5.13. The van der Waals surface area contributed by atoms with E-state index in [2.05, 4.69) is 14.9 Å². The highest BCUT2D eigenvalue weighted by molar-refractivity contribution is 6.31. The number of halogens is 3. The largest absolute Gasteiger partial charge is 0.508 e. The number of hydrogen-bond donors (Lipinski definition) is 0. The zero-order chi connectivity index (χ0) is 30.5. The van der Waals surface area contributed by atoms with Gasteiger partial charge in [-0.2, -0.15) is 9.97 Å². The molecule has 3 fully saturated rings. The third-order valence-electron chi connectivity index (χ3n) is 9.11. The van der Waals surface area contributed by atoms with Crippen LogP contribution in [0.4, 0.5) is 19.4 Å². The Morgan fingerprint density at radius 3 is 2.98 bits per heavy atom. The molecule has 0 N–H and O–H groups in total. The van der Waals surface area contributed by atoms with Crippen molar-refractivity contribution in [3.63, 3.8) is 0 Å². The van der Waals surface area contributed by atoms with Crippen molar-refractivity contribution in [2.24, 2.45) is 0 Å². The Bertz CT molecular complexity index is 1600. The molecule has 0 unspecified atom stereocenters. The Morgan fingerprint density at radius 1 is 1.20 bits per heavy atom. The van der Waals surface area contributed by atoms with Gasteiger partial charge in [0.2, 0.25) is 0 Å². The van der Waals surface area contributed by atoms with Crippen LogP contribution in [0.1, 0.15) is 38.2 Å². The highest BCUT2D eigenvalue weighted by atomic mass is 35.5. The molecule has 2 aromatic heterocycles. The molecule has 1 aromatic carbocycles. The summed E-state index contributed by atoms with van der Waals surface area (Å²) in [5.41, 5.74) is -0.199. The van der Waals surface area contributed by atoms with Gasteiger partial charge in [0.1, 0.15) is 29.8 Å². The average Bonchev–Trinajstić information content (AvgIpc) is 3.44. The molecule has 3 atom stereocenters. The monoisotopic (exact) mass is 629 g/mol. The minimum atomic E-state index is -1.09. The van der Waals surface area contributed by atoms with Crippen LogP contribution in [0.25, 0.3) is 22.2 Å². The number of alkyl halides is 1. The van der Waals surface area contributed by atoms with E-state index < -0.39 is 29.3 Å². The maximum atomic E-state index is 16.6. The van der Waals surface area contributed by atoms with Crippen LogP contribution in [0.2, 0.25) is 5.02 Å². The number of carbonyl (C=O) groups is 1. The van der Waals surface area contributed by atoms with Crippen LogP contribution in [-0.2, 0) is 20.6 Å². The molecule has 44 heavy (non-hydrogen) atoms. The van der Waals surface area contributed by atoms with Crippen LogP contribution in [0.15, 0.2) is 24.4 Å². The van der Waals surface area contributed by atoms with Crippen molar-refractivity contribution < 1.29 is 32.5 Å². The zero-order valence-corrected chi connectivity index (χ0v) is 25.2. The number of rotatable bonds is 3. The summed E-state index contributed by atoms with van der Waals surface area (Å²) in [6, 6.07) is 5.21. The molecule has 3 aromatic rings. The zero-order valence-electron chi connectivity index (χ0n) is 24.5. The maximum Gasteiger partial charge on any atom is 0.508 e. The Kier molecular flexibility index (Phi) is 7.70. The minimum Gasteiger partial charge on any atom is -0.461 e. The summed E-state index contributed by atoms with van der Waals surface area (Å²) in [5.74, 6) is -0.265. The third kappa shape index (κ3) is 5.41. The van der Waals surface area contributed by atoms with Gasteiger partial charge in [-0.1, -0.05) is 23.7 Å². The SMILES string of the molecule is C[C@@]12COCCN(C1)c1nc(OC[C@@]34CCCN3C[C@H](F)C4)nc3c(F)c(ncc13)-c1cccc(Cl)c1CCCOC(=O)O2. The number of pyridine rings is 1. The lowest BCUT2D eigenvalue weighted by atomic mass is 9.95. The van der Waals surface area contributed by atoms with Crippen molar-refractivity contribution in [2.45, 2.75) is 56.3 Å². The smallest absolute Gasteiger partial charge is 0.461 e. The number of ether oxygens (including phenoxy) is 4. The van der Waals surface area contributed by atoms with Gasteiger partial charge < -0.3 is 23.8 Å². The molecule has 3 saturated heterocycles. The van der Waals surface area contributed by atoms with Crippen LogP contribution in [-0.4, -0.2) is 95.9 Å². The highest BCUT2D eigenvalue weighted by Gasteiger charge is 2.49. The summed E-state index contributed by atoms with van der Waals surface area (Å²) in [7, 11) is 0. The van der Waals surface area contributed by atoms with Crippen molar-refractivity contribution in [1.29, 1.82) is 0 Å². The summed E-state index contributed by atoms with van der Waals surface area (Å²) in [6.07, 6.45) is 2.82. The van der Waals surface area contributed by atoms with Gasteiger partial charge in [-0.15, -0.1) is 0 Å². The van der Waals surface area contributed by atoms with Crippen molar-refractivity contribution in [3.05, 3.63) is 40.8 Å². The topological polar surface area (TPSA) is 99.1 Å². The lowest BCUT2D eigenvalue weighted by Crippen LogP contribution is -2.46. The Morgan fingerprint density at radius 2 is 2.09 bits per heavy atom. The summed E-state index contributed by atoms with van der Waals surface area (Å²) < 4.78 is 54.3. The number of anilines is 1. The van der Waals surface area contributed by atoms with Gasteiger partial charge in [-0.25, -0.2) is 13.6 Å². The second-order valence-electron chi connectivity index (χ2n) is 12.4. The standard InChI is InChI=1S/C31H34ClF2N5O5/c1-30-16-38(10-12-41-17-30)27-22-14-35-25(21-5-2-7-23(32)20(21)6-3-11-42-29(40)44-30)24(34)26(22)36-28(37-27)43-18-31-8-4-9-39(31)15-19(33)13-31/h2,5,7,14,19H,3-4,6,8-13,15-18H2,1H3/t19-,30+,31+/m1/s1. The first-order valence-electron chi connectivity index (χ1n) is 15.1. The molecule has 8 rings (SSSR count). The normalized spacial score (nSPS) is 27.6. The molecule has 0 spiro atoms. The number of benzene rings is 1. The summed E-state index contributed by atoms with van der Waals surface area (Å²) in [6.45, 7) is 4.24. The summed E-state index contributed by atoms with van der Waals surface area (Å²) in [4.78, 5) is 30.6. The maximum absolute atomic E-state index is 16.6. The number of hydrogen-bond acceptors (Lipinski definition) is 10. The second-order valence-corrected chi connectivity index (χ2v) is 12.8. The number of nitrogens with zero attached hydrogens (tertiary/aromatic N) is 5. The quantitative estimate of drug-likeness (QED) is 0.363. The van der Waals surface area contributed by atoms with Gasteiger partial charge in [0.15, 0.2) is 11.4 Å². The lowest BCUT2D eigenvalue weighted by molar-refractivity contribution is -0.0575. The summed E-state index contributed by atoms with van der Waals surface area (Å²) >= 11 is 6.58. The van der Waals surface area contributed by atoms with Gasteiger partial charge in [-0.3, -0.25) is 9.88 Å². The van der Waals surface area contributed by atoms with Gasteiger partial charge in [-0.05, 0) is 50.8 Å². The van der Waals surface area contributed by atoms with E-state index in [0.717, 1.165) is 19.4 Å². The molecular formula is C31H34ClF2N5O5. The van der Waals surface area contributed by atoms with Crippen molar-refractivity contribution in [2.75, 3.05) is 57.5 Å². The molecule has 0 amide bonds. The van der Waals surface area contributed by atoms with E-state index in [1.165, 1.54) is 0 Å². The lowest BCUT2D eigenvalue weighted by Gasteiger charge is -2.33. The fourth-order valence-electron chi connectivity index (χ4n) is 7.07. The van der Waals surface area contributed by atoms with Gasteiger partial charge >= 0.3 is 12.2 Å². The molecule has 234 valence electrons. The van der Waals surface area contributed by atoms with E-state index in [9.17, 15) is 9.18 Å². The molecule has 0 saturated carbocycles. The second kappa shape index (κ2) is 11.5. The molecule has 10 nitrogen and oxygen atoms in total. The van der Waals surface area contributed by atoms with E-state index >= 15 is 4.39 Å². The molecule has 6 bridgehead atoms.